The summed E-state index contributed by atoms with van der Waals surface area (Å²) in [6, 6.07) is 14.5. The number of nitrogens with zero attached hydrogens (tertiary/aromatic N) is 1. The van der Waals surface area contributed by atoms with Crippen molar-refractivity contribution in [2.75, 3.05) is 25.1 Å². The third kappa shape index (κ3) is 5.06. The van der Waals surface area contributed by atoms with Crippen LogP contribution in [0.25, 0.3) is 0 Å². The molecule has 0 spiro atoms. The maximum atomic E-state index is 6.05. The van der Waals surface area contributed by atoms with Crippen LogP contribution in [-0.2, 0) is 12.8 Å². The van der Waals surface area contributed by atoms with Crippen molar-refractivity contribution >= 4 is 35.6 Å². The van der Waals surface area contributed by atoms with Gasteiger partial charge in [0.2, 0.25) is 0 Å². The van der Waals surface area contributed by atoms with Crippen LogP contribution in [0.2, 0.25) is 0 Å². The summed E-state index contributed by atoms with van der Waals surface area (Å²) < 4.78 is 11.3. The Kier molecular flexibility index (Phi) is 6.82. The summed E-state index contributed by atoms with van der Waals surface area (Å²) in [7, 11) is 0. The van der Waals surface area contributed by atoms with Crippen molar-refractivity contribution in [3.05, 3.63) is 53.6 Å². The largest absolute Gasteiger partial charge is 0.490 e. The first-order valence-electron chi connectivity index (χ1n) is 9.31. The number of halogens is 1. The number of hydrogen-bond donors (Lipinski definition) is 2. The molecule has 0 radical (unpaired) electrons. The molecule has 2 aliphatic rings. The fourth-order valence-electron chi connectivity index (χ4n) is 3.65. The highest BCUT2D eigenvalue weighted by molar-refractivity contribution is 14.0. The summed E-state index contributed by atoms with van der Waals surface area (Å²) in [5.41, 5.74) is 9.88. The van der Waals surface area contributed by atoms with Crippen LogP contribution in [0.4, 0.5) is 5.69 Å². The zero-order valence-corrected chi connectivity index (χ0v) is 17.6. The Balaban J connectivity index is 0.00000210. The first-order valence-corrected chi connectivity index (χ1v) is 9.31. The van der Waals surface area contributed by atoms with Crippen molar-refractivity contribution in [2.24, 2.45) is 16.6 Å². The summed E-state index contributed by atoms with van der Waals surface area (Å²) >= 11 is 0. The van der Waals surface area contributed by atoms with E-state index in [-0.39, 0.29) is 24.0 Å². The molecule has 6 heteroatoms. The van der Waals surface area contributed by atoms with E-state index in [4.69, 9.17) is 15.2 Å². The van der Waals surface area contributed by atoms with Crippen molar-refractivity contribution < 1.29 is 9.47 Å². The summed E-state index contributed by atoms with van der Waals surface area (Å²) in [5.74, 6) is 2.64. The Hall–Kier alpha value is -1.96. The smallest absolute Gasteiger partial charge is 0.193 e. The van der Waals surface area contributed by atoms with Crippen LogP contribution in [0, 0.1) is 5.92 Å². The minimum Gasteiger partial charge on any atom is -0.490 e. The van der Waals surface area contributed by atoms with Gasteiger partial charge >= 0.3 is 0 Å². The van der Waals surface area contributed by atoms with Crippen LogP contribution in [-0.4, -0.2) is 25.7 Å². The molecule has 0 saturated heterocycles. The van der Waals surface area contributed by atoms with Gasteiger partial charge in [-0.05, 0) is 48.4 Å². The van der Waals surface area contributed by atoms with E-state index >= 15 is 0 Å². The molecule has 2 aromatic carbocycles. The Morgan fingerprint density at radius 2 is 1.74 bits per heavy atom. The Bertz CT molecular complexity index is 785. The van der Waals surface area contributed by atoms with Crippen molar-refractivity contribution in [1.82, 2.24) is 0 Å². The number of ether oxygens (including phenoxy) is 2. The standard InChI is InChI=1S/C21H25N3O2.HI/c22-21(23-9-8-15-12-16-4-1-2-5-17(16)13-15)24-18-6-7-19-20(14-18)26-11-3-10-25-19;/h1-2,4-7,14-15H,3,8-13H2,(H3,22,23,24);1H. The van der Waals surface area contributed by atoms with Crippen molar-refractivity contribution in [2.45, 2.75) is 25.7 Å². The van der Waals surface area contributed by atoms with Gasteiger partial charge in [0.05, 0.1) is 13.2 Å². The molecule has 0 atom stereocenters. The van der Waals surface area contributed by atoms with E-state index < -0.39 is 0 Å². The van der Waals surface area contributed by atoms with Gasteiger partial charge in [-0.25, -0.2) is 0 Å². The number of guanidine groups is 1. The van der Waals surface area contributed by atoms with Gasteiger partial charge in [-0.15, -0.1) is 24.0 Å². The van der Waals surface area contributed by atoms with E-state index in [1.54, 1.807) is 0 Å². The molecule has 27 heavy (non-hydrogen) atoms. The normalized spacial score (nSPS) is 16.2. The summed E-state index contributed by atoms with van der Waals surface area (Å²) in [6.45, 7) is 2.10. The lowest BCUT2D eigenvalue weighted by molar-refractivity contribution is 0.297. The van der Waals surface area contributed by atoms with Gasteiger partial charge < -0.3 is 20.5 Å². The van der Waals surface area contributed by atoms with E-state index in [1.165, 1.54) is 11.1 Å². The maximum Gasteiger partial charge on any atom is 0.193 e. The molecule has 5 nitrogen and oxygen atoms in total. The third-order valence-corrected chi connectivity index (χ3v) is 4.97. The molecule has 2 aromatic rings. The van der Waals surface area contributed by atoms with Gasteiger partial charge in [0.15, 0.2) is 17.5 Å². The molecule has 0 saturated carbocycles. The molecule has 0 bridgehead atoms. The van der Waals surface area contributed by atoms with Gasteiger partial charge in [-0.1, -0.05) is 24.3 Å². The zero-order chi connectivity index (χ0) is 17.8. The minimum atomic E-state index is 0. The fourth-order valence-corrected chi connectivity index (χ4v) is 3.65. The average Bonchev–Trinajstić information content (AvgIpc) is 2.91. The molecular formula is C21H26IN3O2. The number of hydrogen-bond acceptors (Lipinski definition) is 3. The molecule has 0 fully saturated rings. The molecule has 3 N–H and O–H groups in total. The lowest BCUT2D eigenvalue weighted by Crippen LogP contribution is -2.23. The Labute approximate surface area is 177 Å². The molecule has 4 rings (SSSR count). The number of rotatable bonds is 4. The van der Waals surface area contributed by atoms with Crippen LogP contribution in [0.5, 0.6) is 11.5 Å². The van der Waals surface area contributed by atoms with Gasteiger partial charge in [-0.3, -0.25) is 4.99 Å². The molecule has 1 aliphatic carbocycles. The van der Waals surface area contributed by atoms with E-state index in [2.05, 4.69) is 34.6 Å². The molecule has 144 valence electrons. The van der Waals surface area contributed by atoms with Crippen LogP contribution >= 0.6 is 24.0 Å². The van der Waals surface area contributed by atoms with Gasteiger partial charge in [0.25, 0.3) is 0 Å². The highest BCUT2D eigenvalue weighted by Gasteiger charge is 2.20. The molecule has 1 aliphatic heterocycles. The van der Waals surface area contributed by atoms with Crippen LogP contribution in [0.3, 0.4) is 0 Å². The fraction of sp³-hybridized carbons (Fsp3) is 0.381. The molecule has 0 unspecified atom stereocenters. The second-order valence-corrected chi connectivity index (χ2v) is 6.94. The third-order valence-electron chi connectivity index (χ3n) is 4.97. The highest BCUT2D eigenvalue weighted by atomic mass is 127. The van der Waals surface area contributed by atoms with E-state index in [0.29, 0.717) is 25.1 Å². The van der Waals surface area contributed by atoms with Crippen LogP contribution in [0.15, 0.2) is 47.5 Å². The van der Waals surface area contributed by atoms with Crippen LogP contribution < -0.4 is 20.5 Å². The Morgan fingerprint density at radius 1 is 1.04 bits per heavy atom. The summed E-state index contributed by atoms with van der Waals surface area (Å²) in [6.07, 6.45) is 4.26. The minimum absolute atomic E-state index is 0. The van der Waals surface area contributed by atoms with E-state index in [1.807, 2.05) is 18.2 Å². The van der Waals surface area contributed by atoms with Gasteiger partial charge in [-0.2, -0.15) is 0 Å². The van der Waals surface area contributed by atoms with Crippen molar-refractivity contribution in [1.29, 1.82) is 0 Å². The Morgan fingerprint density at radius 3 is 2.48 bits per heavy atom. The quantitative estimate of drug-likeness (QED) is 0.395. The number of anilines is 1. The topological polar surface area (TPSA) is 68.9 Å². The molecule has 1 heterocycles. The number of nitrogens with two attached hydrogens (primary N) is 1. The maximum absolute atomic E-state index is 6.05. The highest BCUT2D eigenvalue weighted by Crippen LogP contribution is 2.32. The second-order valence-electron chi connectivity index (χ2n) is 6.94. The van der Waals surface area contributed by atoms with Crippen LogP contribution in [0.1, 0.15) is 24.0 Å². The SMILES string of the molecule is I.NC(=NCCC1Cc2ccccc2C1)Nc1ccc2c(c1)OCCCO2. The lowest BCUT2D eigenvalue weighted by atomic mass is 10.0. The van der Waals surface area contributed by atoms with E-state index in [9.17, 15) is 0 Å². The summed E-state index contributed by atoms with van der Waals surface area (Å²) in [5, 5.41) is 3.15. The first-order chi connectivity index (χ1) is 12.8. The molecule has 0 amide bonds. The van der Waals surface area contributed by atoms with Gasteiger partial charge in [0, 0.05) is 24.7 Å². The van der Waals surface area contributed by atoms with Crippen molar-refractivity contribution in [3.8, 4) is 11.5 Å². The van der Waals surface area contributed by atoms with Crippen molar-refractivity contribution in [3.63, 3.8) is 0 Å². The molecular weight excluding hydrogens is 453 g/mol. The first kappa shape index (κ1) is 19.8. The number of nitrogens with one attached hydrogen (secondary N) is 1. The molecule has 0 aromatic heterocycles. The van der Waals surface area contributed by atoms with E-state index in [0.717, 1.165) is 49.4 Å². The predicted octanol–water partition coefficient (Wildman–Crippen LogP) is 4.00. The van der Waals surface area contributed by atoms with Gasteiger partial charge in [0.1, 0.15) is 0 Å². The predicted molar refractivity (Wildman–Crippen MR) is 120 cm³/mol. The zero-order valence-electron chi connectivity index (χ0n) is 15.3. The monoisotopic (exact) mass is 479 g/mol. The average molecular weight is 479 g/mol. The number of benzene rings is 2. The second kappa shape index (κ2) is 9.30. The number of fused-ring (bicyclic) bond motifs is 2. The lowest BCUT2D eigenvalue weighted by Gasteiger charge is -2.11. The summed E-state index contributed by atoms with van der Waals surface area (Å²) in [4.78, 5) is 4.49. The number of aliphatic imine (C=N–C) groups is 1.